The van der Waals surface area contributed by atoms with Crippen molar-refractivity contribution in [3.63, 3.8) is 0 Å². The van der Waals surface area contributed by atoms with Crippen LogP contribution in [0, 0.1) is 49.7 Å². The summed E-state index contributed by atoms with van der Waals surface area (Å²) in [7, 11) is 0. The predicted octanol–water partition coefficient (Wildman–Crippen LogP) is -0.365. The van der Waals surface area contributed by atoms with E-state index in [2.05, 4.69) is 41.1 Å². The zero-order valence-electron chi connectivity index (χ0n) is 33.0. The van der Waals surface area contributed by atoms with Gasteiger partial charge in [-0.3, -0.25) is 14.4 Å². The van der Waals surface area contributed by atoms with Gasteiger partial charge in [0.05, 0.1) is 36.4 Å². The van der Waals surface area contributed by atoms with Crippen molar-refractivity contribution in [2.45, 2.75) is 38.9 Å². The summed E-state index contributed by atoms with van der Waals surface area (Å²) in [5, 5.41) is 59.6. The summed E-state index contributed by atoms with van der Waals surface area (Å²) >= 11 is 3.07. The van der Waals surface area contributed by atoms with Crippen LogP contribution in [0.4, 0.5) is 22.7 Å². The van der Waals surface area contributed by atoms with Crippen LogP contribution in [0.2, 0.25) is 0 Å². The number of halogens is 1. The third-order valence-electron chi connectivity index (χ3n) is 6.95. The second kappa shape index (κ2) is 28.8. The SMILES string of the molecule is N#Cc1ccc(O)cc1.O=CO[O-].[C-]#[N+]c1cc(NC(=O)[C@@](C)(O)CBr)ccc1C.[C-]#[N+]c1cc(NC(=O)[C@@](C)(O)COc2ccc(C#N)cc2)ccc1C.[H-].[K+].[K+]. The van der Waals surface area contributed by atoms with Gasteiger partial charge in [0.2, 0.25) is 0 Å². The Bertz CT molecular complexity index is 2100. The summed E-state index contributed by atoms with van der Waals surface area (Å²) in [5.74, 6) is -0.512. The van der Waals surface area contributed by atoms with Gasteiger partial charge in [0.1, 0.15) is 23.7 Å². The number of rotatable bonds is 9. The molecule has 0 aromatic heterocycles. The van der Waals surface area contributed by atoms with Gasteiger partial charge in [-0.1, -0.05) is 28.1 Å². The van der Waals surface area contributed by atoms with E-state index in [1.165, 1.54) is 26.0 Å². The molecule has 286 valence electrons. The smallest absolute Gasteiger partial charge is 1.00 e. The number of phenolic OH excluding ortho intramolecular Hbond substituents is 1. The molecule has 0 heterocycles. The van der Waals surface area contributed by atoms with Crippen molar-refractivity contribution in [1.82, 2.24) is 0 Å². The predicted molar refractivity (Wildman–Crippen MR) is 205 cm³/mol. The summed E-state index contributed by atoms with van der Waals surface area (Å²) in [5.41, 5.74) is 1.34. The molecule has 0 bridgehead atoms. The number of carbonyl (C=O) groups excluding carboxylic acids is 3. The van der Waals surface area contributed by atoms with Gasteiger partial charge in [0.15, 0.2) is 17.0 Å². The van der Waals surface area contributed by atoms with E-state index in [9.17, 15) is 19.8 Å². The zero-order valence-corrected chi connectivity index (χ0v) is 39.9. The topological polar surface area (TPSA) is 234 Å². The van der Waals surface area contributed by atoms with E-state index in [-0.39, 0.29) is 128 Å². The zero-order chi connectivity index (χ0) is 41.6. The van der Waals surface area contributed by atoms with E-state index >= 15 is 0 Å². The number of aryl methyl sites for hydroxylation is 2. The summed E-state index contributed by atoms with van der Waals surface area (Å²) < 4.78 is 5.42. The van der Waals surface area contributed by atoms with E-state index in [0.717, 1.165) is 11.1 Å². The number of phenols is 1. The minimum atomic E-state index is -1.77. The van der Waals surface area contributed by atoms with Crippen molar-refractivity contribution >= 4 is 57.0 Å². The van der Waals surface area contributed by atoms with Crippen LogP contribution in [-0.4, -0.2) is 56.7 Å². The molecule has 2 atom stereocenters. The maximum Gasteiger partial charge on any atom is 1.00 e. The number of hydrogen-bond acceptors (Lipinski definition) is 11. The van der Waals surface area contributed by atoms with Crippen LogP contribution in [0.5, 0.6) is 11.5 Å². The second-order valence-electron chi connectivity index (χ2n) is 11.6. The molecule has 5 N–H and O–H groups in total. The minimum Gasteiger partial charge on any atom is -1.00 e. The molecule has 0 radical (unpaired) electrons. The third-order valence-corrected chi connectivity index (χ3v) is 8.04. The Labute approximate surface area is 425 Å². The van der Waals surface area contributed by atoms with Crippen LogP contribution < -0.4 is 123 Å². The molecule has 4 aromatic carbocycles. The Morgan fingerprint density at radius 1 is 0.825 bits per heavy atom. The van der Waals surface area contributed by atoms with Gasteiger partial charge in [-0.25, -0.2) is 9.69 Å². The molecule has 15 nitrogen and oxygen atoms in total. The Kier molecular flexibility index (Phi) is 28.1. The van der Waals surface area contributed by atoms with Crippen LogP contribution in [0.3, 0.4) is 0 Å². The first-order chi connectivity index (χ1) is 26.0. The number of nitrogens with one attached hydrogen (secondary N) is 2. The van der Waals surface area contributed by atoms with E-state index < -0.39 is 23.0 Å². The second-order valence-corrected chi connectivity index (χ2v) is 12.2. The van der Waals surface area contributed by atoms with Gasteiger partial charge >= 0.3 is 103 Å². The van der Waals surface area contributed by atoms with Crippen molar-refractivity contribution in [1.29, 1.82) is 10.5 Å². The molecule has 0 spiro atoms. The molecule has 0 aliphatic carbocycles. The van der Waals surface area contributed by atoms with Crippen molar-refractivity contribution < 1.29 is 149 Å². The van der Waals surface area contributed by atoms with Crippen LogP contribution in [0.1, 0.15) is 37.5 Å². The molecule has 4 aromatic rings. The number of nitriles is 2. The van der Waals surface area contributed by atoms with Gasteiger partial charge in [0.25, 0.3) is 18.3 Å². The average Bonchev–Trinajstić information content (AvgIpc) is 3.19. The number of anilines is 2. The quantitative estimate of drug-likeness (QED) is 0.0364. The Morgan fingerprint density at radius 2 is 1.21 bits per heavy atom. The van der Waals surface area contributed by atoms with E-state index in [4.69, 9.17) is 43.6 Å². The molecule has 0 fully saturated rings. The van der Waals surface area contributed by atoms with Crippen LogP contribution in [0.25, 0.3) is 9.69 Å². The molecule has 0 saturated heterocycles. The largest absolute Gasteiger partial charge is 1.00 e. The first kappa shape index (κ1) is 55.6. The van der Waals surface area contributed by atoms with E-state index in [0.29, 0.717) is 39.6 Å². The molecule has 4 rings (SSSR count). The first-order valence-corrected chi connectivity index (χ1v) is 16.8. The minimum absolute atomic E-state index is 0. The van der Waals surface area contributed by atoms with Crippen LogP contribution in [0.15, 0.2) is 84.9 Å². The van der Waals surface area contributed by atoms with Crippen molar-refractivity contribution in [2.75, 3.05) is 22.6 Å². The average molecular weight is 892 g/mol. The van der Waals surface area contributed by atoms with E-state index in [1.54, 1.807) is 79.7 Å². The molecular formula is C39H37BrK2N6O9. The number of ether oxygens (including phenoxy) is 1. The van der Waals surface area contributed by atoms with Crippen LogP contribution >= 0.6 is 15.9 Å². The number of aromatic hydroxyl groups is 1. The van der Waals surface area contributed by atoms with Gasteiger partial charge in [-0.2, -0.15) is 10.5 Å². The Morgan fingerprint density at radius 3 is 1.56 bits per heavy atom. The summed E-state index contributed by atoms with van der Waals surface area (Å²) in [6.45, 7) is 20.0. The molecule has 0 unspecified atom stereocenters. The standard InChI is InChI=1S/C19H17N3O3.C12H13BrN2O2.C7H5NO.CH2O3.2K.H/c1-13-4-7-15(10-17(13)21-3)22-18(23)19(2,24)12-25-16-8-5-14(11-20)6-9-16;1-8-4-5-9(6-10(8)14-3)15-11(16)12(2,17)7-13;8-5-6-1-3-7(9)4-2-6;2-1-4-3;;;/h4-10,24H,12H2,1-2H3,(H,22,23);4-6,17H,7H2,1-2H3,(H,15,16);1-4,9H;1,3H;;;/q;;;;2*+1;-1/p-1/t19-;12-;;;;;/m00...../s1. The molecule has 2 amide bonds. The van der Waals surface area contributed by atoms with Crippen molar-refractivity contribution in [3.05, 3.63) is 130 Å². The number of benzene rings is 4. The number of nitrogens with zero attached hydrogens (tertiary/aromatic N) is 4. The van der Waals surface area contributed by atoms with E-state index in [1.807, 2.05) is 19.1 Å². The fourth-order valence-corrected chi connectivity index (χ4v) is 3.91. The summed E-state index contributed by atoms with van der Waals surface area (Å²) in [4.78, 5) is 41.9. The maximum atomic E-state index is 12.3. The number of carbonyl (C=O) groups is 3. The summed E-state index contributed by atoms with van der Waals surface area (Å²) in [6.07, 6.45) is 0. The van der Waals surface area contributed by atoms with Gasteiger partial charge in [-0.05, 0) is 112 Å². The molecular weight excluding hydrogens is 855 g/mol. The molecule has 0 aliphatic heterocycles. The molecule has 0 saturated carbocycles. The van der Waals surface area contributed by atoms with Crippen LogP contribution in [-0.2, 0) is 19.3 Å². The number of alkyl halides is 1. The number of amides is 2. The molecule has 57 heavy (non-hydrogen) atoms. The monoisotopic (exact) mass is 890 g/mol. The fourth-order valence-electron chi connectivity index (χ4n) is 3.66. The Balaban J connectivity index is -0.000000793. The van der Waals surface area contributed by atoms with Crippen molar-refractivity contribution in [2.24, 2.45) is 0 Å². The maximum absolute atomic E-state index is 12.3. The Hall–Kier alpha value is -3.52. The first-order valence-electron chi connectivity index (χ1n) is 15.6. The fraction of sp³-hybridized carbons (Fsp3) is 0.205. The number of aliphatic hydroxyl groups is 2. The molecule has 0 aliphatic rings. The van der Waals surface area contributed by atoms with Gasteiger partial charge in [-0.15, -0.1) is 0 Å². The number of hydrogen-bond donors (Lipinski definition) is 5. The summed E-state index contributed by atoms with van der Waals surface area (Å²) in [6, 6.07) is 26.4. The normalized spacial score (nSPS) is 11.2. The third kappa shape index (κ3) is 20.6. The van der Waals surface area contributed by atoms with Gasteiger partial charge < -0.3 is 42.3 Å². The van der Waals surface area contributed by atoms with Gasteiger partial charge in [0, 0.05) is 16.7 Å². The van der Waals surface area contributed by atoms with Crippen molar-refractivity contribution in [3.8, 4) is 23.6 Å². The molecule has 18 heteroatoms.